The monoisotopic (exact) mass is 305 g/mol. The van der Waals surface area contributed by atoms with E-state index in [2.05, 4.69) is 9.17 Å². The summed E-state index contributed by atoms with van der Waals surface area (Å²) in [5, 5.41) is 0.318. The Morgan fingerprint density at radius 2 is 1.89 bits per heavy atom. The molecule has 2 rings (SSSR count). The van der Waals surface area contributed by atoms with Crippen molar-refractivity contribution in [3.63, 3.8) is 0 Å². The van der Waals surface area contributed by atoms with Crippen LogP contribution in [0.1, 0.15) is 5.01 Å². The summed E-state index contributed by atoms with van der Waals surface area (Å²) in [7, 11) is -0.719. The fourth-order valence-electron chi connectivity index (χ4n) is 1.50. The van der Waals surface area contributed by atoms with E-state index in [1.54, 1.807) is 0 Å². The zero-order valence-electron chi connectivity index (χ0n) is 10.4. The summed E-state index contributed by atoms with van der Waals surface area (Å²) >= 11 is 1.01. The van der Waals surface area contributed by atoms with Gasteiger partial charge >= 0.3 is 5.69 Å². The molecule has 0 amide bonds. The van der Waals surface area contributed by atoms with Crippen LogP contribution in [-0.2, 0) is 35.0 Å². The average molecular weight is 305 g/mol. The van der Waals surface area contributed by atoms with Crippen LogP contribution in [0.4, 0.5) is 0 Å². The second-order valence-electron chi connectivity index (χ2n) is 3.93. The maximum absolute atomic E-state index is 11.9. The predicted molar refractivity (Wildman–Crippen MR) is 69.7 cm³/mol. The third kappa shape index (κ3) is 2.60. The van der Waals surface area contributed by atoms with Gasteiger partial charge in [-0.25, -0.2) is 9.78 Å². The molecular weight excluding hydrogens is 294 g/mol. The summed E-state index contributed by atoms with van der Waals surface area (Å²) in [6, 6.07) is 0. The second-order valence-corrected chi connectivity index (χ2v) is 6.66. The molecule has 0 fully saturated rings. The molecule has 2 heterocycles. The van der Waals surface area contributed by atoms with E-state index in [0.29, 0.717) is 5.01 Å². The lowest BCUT2D eigenvalue weighted by Crippen LogP contribution is -2.36. The van der Waals surface area contributed by atoms with Crippen LogP contribution < -0.4 is 11.2 Å². The summed E-state index contributed by atoms with van der Waals surface area (Å²) in [4.78, 5) is 27.6. The lowest BCUT2D eigenvalue weighted by molar-refractivity contribution is 0.311. The standard InChI is InChI=1S/C9H11N3O5S2/c1-11-7-6(8(13)12(2)9(11)14)18-5(10-7)4-17-19(3,15)16/h4H2,1-3H3. The zero-order valence-corrected chi connectivity index (χ0v) is 12.0. The normalized spacial score (nSPS) is 12.2. The number of nitrogens with zero attached hydrogens (tertiary/aromatic N) is 3. The first-order valence-corrected chi connectivity index (χ1v) is 7.74. The number of hydrogen-bond donors (Lipinski definition) is 0. The van der Waals surface area contributed by atoms with Crippen LogP contribution in [0.25, 0.3) is 10.3 Å². The molecule has 104 valence electrons. The second kappa shape index (κ2) is 4.54. The maximum atomic E-state index is 11.9. The Kier molecular flexibility index (Phi) is 3.32. The number of aryl methyl sites for hydroxylation is 1. The molecule has 0 aliphatic rings. The smallest absolute Gasteiger partial charge is 0.280 e. The number of fused-ring (bicyclic) bond motifs is 1. The average Bonchev–Trinajstić information content (AvgIpc) is 2.75. The summed E-state index contributed by atoms with van der Waals surface area (Å²) in [5.74, 6) is 0. The van der Waals surface area contributed by atoms with Crippen molar-refractivity contribution in [1.82, 2.24) is 14.1 Å². The number of thiazole rings is 1. The molecule has 2 aromatic heterocycles. The minimum Gasteiger partial charge on any atom is -0.280 e. The van der Waals surface area contributed by atoms with Crippen LogP contribution in [0, 0.1) is 0 Å². The van der Waals surface area contributed by atoms with Gasteiger partial charge in [-0.2, -0.15) is 8.42 Å². The Balaban J connectivity index is 2.59. The van der Waals surface area contributed by atoms with Gasteiger partial charge in [0.15, 0.2) is 5.65 Å². The van der Waals surface area contributed by atoms with Gasteiger partial charge in [0, 0.05) is 14.1 Å². The first-order chi connectivity index (χ1) is 8.70. The highest BCUT2D eigenvalue weighted by atomic mass is 32.2. The molecule has 10 heteroatoms. The molecular formula is C9H11N3O5S2. The molecule has 0 atom stereocenters. The van der Waals surface area contributed by atoms with E-state index >= 15 is 0 Å². The topological polar surface area (TPSA) is 100 Å². The van der Waals surface area contributed by atoms with E-state index in [9.17, 15) is 18.0 Å². The molecule has 0 aliphatic heterocycles. The van der Waals surface area contributed by atoms with E-state index < -0.39 is 21.4 Å². The van der Waals surface area contributed by atoms with Gasteiger partial charge in [0.1, 0.15) is 16.3 Å². The molecule has 0 aliphatic carbocycles. The highest BCUT2D eigenvalue weighted by molar-refractivity contribution is 7.85. The van der Waals surface area contributed by atoms with Crippen molar-refractivity contribution in [2.75, 3.05) is 6.26 Å². The largest absolute Gasteiger partial charge is 0.332 e. The Morgan fingerprint density at radius 3 is 2.47 bits per heavy atom. The Morgan fingerprint density at radius 1 is 1.26 bits per heavy atom. The van der Waals surface area contributed by atoms with Crippen LogP contribution >= 0.6 is 11.3 Å². The molecule has 8 nitrogen and oxygen atoms in total. The summed E-state index contributed by atoms with van der Waals surface area (Å²) in [6.07, 6.45) is 0.926. The fourth-order valence-corrected chi connectivity index (χ4v) is 2.88. The molecule has 0 saturated heterocycles. The number of hydrogen-bond acceptors (Lipinski definition) is 7. The molecule has 2 aromatic rings. The van der Waals surface area contributed by atoms with Gasteiger partial charge in [-0.15, -0.1) is 11.3 Å². The summed E-state index contributed by atoms with van der Waals surface area (Å²) in [5.41, 5.74) is -0.718. The highest BCUT2D eigenvalue weighted by Gasteiger charge is 2.15. The molecule has 19 heavy (non-hydrogen) atoms. The molecule has 0 saturated carbocycles. The van der Waals surface area contributed by atoms with Crippen molar-refractivity contribution in [3.8, 4) is 0 Å². The Labute approximate surface area is 112 Å². The van der Waals surface area contributed by atoms with Crippen molar-refractivity contribution in [2.45, 2.75) is 6.61 Å². The third-order valence-corrected chi connectivity index (χ3v) is 3.99. The van der Waals surface area contributed by atoms with Gasteiger partial charge in [0.2, 0.25) is 0 Å². The molecule has 0 aromatic carbocycles. The Hall–Kier alpha value is -1.52. The lowest BCUT2D eigenvalue weighted by Gasteiger charge is -2.00. The van der Waals surface area contributed by atoms with Gasteiger partial charge in [-0.3, -0.25) is 18.1 Å². The molecule has 0 N–H and O–H groups in total. The van der Waals surface area contributed by atoms with E-state index in [1.165, 1.54) is 18.7 Å². The lowest BCUT2D eigenvalue weighted by atomic mass is 10.5. The van der Waals surface area contributed by atoms with Gasteiger partial charge in [-0.1, -0.05) is 0 Å². The van der Waals surface area contributed by atoms with Gasteiger partial charge in [-0.05, 0) is 0 Å². The number of aromatic nitrogens is 3. The van der Waals surface area contributed by atoms with Crippen molar-refractivity contribution < 1.29 is 12.6 Å². The van der Waals surface area contributed by atoms with Crippen LogP contribution in [0.15, 0.2) is 9.59 Å². The molecule has 0 unspecified atom stereocenters. The van der Waals surface area contributed by atoms with Crippen molar-refractivity contribution in [3.05, 3.63) is 25.8 Å². The van der Waals surface area contributed by atoms with Gasteiger partial charge in [0.25, 0.3) is 15.7 Å². The van der Waals surface area contributed by atoms with Crippen LogP contribution in [0.3, 0.4) is 0 Å². The van der Waals surface area contributed by atoms with E-state index in [1.807, 2.05) is 0 Å². The van der Waals surface area contributed by atoms with Crippen LogP contribution in [0.5, 0.6) is 0 Å². The Bertz CT molecular complexity index is 858. The summed E-state index contributed by atoms with van der Waals surface area (Å²) in [6.45, 7) is -0.254. The highest BCUT2D eigenvalue weighted by Crippen LogP contribution is 2.18. The van der Waals surface area contributed by atoms with Crippen molar-refractivity contribution in [1.29, 1.82) is 0 Å². The first-order valence-electron chi connectivity index (χ1n) is 5.10. The van der Waals surface area contributed by atoms with E-state index in [0.717, 1.165) is 22.2 Å². The van der Waals surface area contributed by atoms with Gasteiger partial charge < -0.3 is 0 Å². The summed E-state index contributed by atoms with van der Waals surface area (Å²) < 4.78 is 28.9. The maximum Gasteiger partial charge on any atom is 0.332 e. The molecule has 0 bridgehead atoms. The predicted octanol–water partition coefficient (Wildman–Crippen LogP) is -0.830. The van der Waals surface area contributed by atoms with Crippen LogP contribution in [-0.4, -0.2) is 28.8 Å². The quantitative estimate of drug-likeness (QED) is 0.686. The molecule has 0 spiro atoms. The van der Waals surface area contributed by atoms with E-state index in [-0.39, 0.29) is 17.0 Å². The zero-order chi connectivity index (χ0) is 14.4. The number of rotatable bonds is 3. The SMILES string of the molecule is Cn1c(=O)c2sc(COS(C)(=O)=O)nc2n(C)c1=O. The van der Waals surface area contributed by atoms with Crippen LogP contribution in [0.2, 0.25) is 0 Å². The minimum atomic E-state index is -3.58. The van der Waals surface area contributed by atoms with Crippen molar-refractivity contribution >= 4 is 31.8 Å². The molecule has 0 radical (unpaired) electrons. The van der Waals surface area contributed by atoms with E-state index in [4.69, 9.17) is 0 Å². The van der Waals surface area contributed by atoms with Crippen molar-refractivity contribution in [2.24, 2.45) is 14.1 Å². The fraction of sp³-hybridized carbons (Fsp3) is 0.444. The third-order valence-electron chi connectivity index (χ3n) is 2.44. The first kappa shape index (κ1) is 13.9. The van der Waals surface area contributed by atoms with Gasteiger partial charge in [0.05, 0.1) is 6.26 Å². The minimum absolute atomic E-state index is 0.227.